The van der Waals surface area contributed by atoms with E-state index in [4.69, 9.17) is 11.0 Å². The van der Waals surface area contributed by atoms with Gasteiger partial charge in [-0.05, 0) is 37.7 Å². The molecule has 0 aromatic carbocycles. The van der Waals surface area contributed by atoms with Crippen LogP contribution in [0.25, 0.3) is 0 Å². The highest BCUT2D eigenvalue weighted by molar-refractivity contribution is 14.0. The summed E-state index contributed by atoms with van der Waals surface area (Å²) in [7, 11) is 0. The molecule has 0 atom stereocenters. The summed E-state index contributed by atoms with van der Waals surface area (Å²) in [5.41, 5.74) is 6.18. The van der Waals surface area contributed by atoms with Crippen molar-refractivity contribution in [3.63, 3.8) is 0 Å². The van der Waals surface area contributed by atoms with Crippen molar-refractivity contribution in [3.05, 3.63) is 18.5 Å². The number of nitriles is 1. The van der Waals surface area contributed by atoms with E-state index >= 15 is 0 Å². The highest BCUT2D eigenvalue weighted by Crippen LogP contribution is 2.28. The lowest BCUT2D eigenvalue weighted by atomic mass is 9.83. The second-order valence-electron chi connectivity index (χ2n) is 6.57. The van der Waals surface area contributed by atoms with Crippen LogP contribution < -0.4 is 10.6 Å². The first kappa shape index (κ1) is 19.7. The molecule has 8 heteroatoms. The summed E-state index contributed by atoms with van der Waals surface area (Å²) in [6.45, 7) is 4.18. The first-order valence-electron chi connectivity index (χ1n) is 8.72. The van der Waals surface area contributed by atoms with Crippen LogP contribution in [0.1, 0.15) is 25.7 Å². The quantitative estimate of drug-likeness (QED) is 0.425. The lowest BCUT2D eigenvalue weighted by molar-refractivity contribution is 0.319. The Balaban J connectivity index is 0.00000225. The minimum absolute atomic E-state index is 0. The Bertz CT molecular complexity index is 585. The van der Waals surface area contributed by atoms with Crippen molar-refractivity contribution in [2.75, 3.05) is 37.6 Å². The highest BCUT2D eigenvalue weighted by Gasteiger charge is 2.22. The summed E-state index contributed by atoms with van der Waals surface area (Å²) in [6, 6.07) is 4.20. The van der Waals surface area contributed by atoms with Gasteiger partial charge in [0.25, 0.3) is 0 Å². The zero-order chi connectivity index (χ0) is 16.8. The molecule has 1 aromatic rings. The van der Waals surface area contributed by atoms with E-state index in [-0.39, 0.29) is 29.9 Å². The Hall–Kier alpha value is -1.63. The van der Waals surface area contributed by atoms with Crippen molar-refractivity contribution in [2.45, 2.75) is 25.7 Å². The average Bonchev–Trinajstić information content (AvgIpc) is 2.67. The molecule has 0 unspecified atom stereocenters. The number of guanidine groups is 1. The molecule has 25 heavy (non-hydrogen) atoms. The molecule has 0 radical (unpaired) electrons. The third-order valence-electron chi connectivity index (χ3n) is 4.98. The Morgan fingerprint density at radius 2 is 1.80 bits per heavy atom. The van der Waals surface area contributed by atoms with Gasteiger partial charge in [0.1, 0.15) is 0 Å². The number of halogens is 1. The fraction of sp³-hybridized carbons (Fsp3) is 0.647. The van der Waals surface area contributed by atoms with Gasteiger partial charge >= 0.3 is 0 Å². The molecule has 2 aliphatic rings. The Morgan fingerprint density at radius 3 is 2.40 bits per heavy atom. The van der Waals surface area contributed by atoms with Gasteiger partial charge in [-0.15, -0.1) is 24.0 Å². The number of piperazine rings is 1. The lowest BCUT2D eigenvalue weighted by Crippen LogP contribution is -2.51. The third-order valence-corrected chi connectivity index (χ3v) is 4.98. The molecule has 0 amide bonds. The van der Waals surface area contributed by atoms with Gasteiger partial charge in [-0.25, -0.2) is 9.97 Å². The van der Waals surface area contributed by atoms with Crippen LogP contribution in [0, 0.1) is 23.2 Å². The molecular formula is C17H26IN7. The maximum absolute atomic E-state index is 8.95. The number of nitrogens with two attached hydrogens (primary N) is 1. The molecule has 2 N–H and O–H groups in total. The first-order valence-corrected chi connectivity index (χ1v) is 8.72. The number of nitrogens with zero attached hydrogens (tertiary/aromatic N) is 6. The first-order chi connectivity index (χ1) is 11.8. The topological polar surface area (TPSA) is 94.4 Å². The Kier molecular flexibility index (Phi) is 7.68. The summed E-state index contributed by atoms with van der Waals surface area (Å²) in [5, 5.41) is 8.95. The van der Waals surface area contributed by atoms with E-state index in [1.807, 2.05) is 6.07 Å². The van der Waals surface area contributed by atoms with E-state index in [9.17, 15) is 0 Å². The van der Waals surface area contributed by atoms with Gasteiger partial charge in [-0.2, -0.15) is 5.26 Å². The monoisotopic (exact) mass is 455 g/mol. The molecule has 7 nitrogen and oxygen atoms in total. The van der Waals surface area contributed by atoms with Gasteiger partial charge in [0, 0.05) is 51.0 Å². The molecule has 1 saturated carbocycles. The number of anilines is 1. The molecule has 0 spiro atoms. The van der Waals surface area contributed by atoms with Crippen LogP contribution in [0.5, 0.6) is 0 Å². The minimum atomic E-state index is 0. The second-order valence-corrected chi connectivity index (χ2v) is 6.57. The smallest absolute Gasteiger partial charge is 0.225 e. The predicted octanol–water partition coefficient (Wildman–Crippen LogP) is 1.86. The standard InChI is InChI=1S/C17H25N7.HI/c18-12-14-2-4-15(5-3-14)13-22-16(19)23-8-10-24(11-9-23)17-20-6-1-7-21-17;/h1,6-7,14-15H,2-5,8-11,13H2,(H2,19,22);1H. The van der Waals surface area contributed by atoms with Crippen LogP contribution in [-0.2, 0) is 0 Å². The zero-order valence-corrected chi connectivity index (χ0v) is 16.7. The maximum atomic E-state index is 8.95. The van der Waals surface area contributed by atoms with E-state index in [0.29, 0.717) is 11.9 Å². The molecule has 2 fully saturated rings. The zero-order valence-electron chi connectivity index (χ0n) is 14.4. The van der Waals surface area contributed by atoms with Crippen LogP contribution in [0.4, 0.5) is 5.95 Å². The molecule has 2 heterocycles. The number of hydrogen-bond donors (Lipinski definition) is 1. The maximum Gasteiger partial charge on any atom is 0.225 e. The van der Waals surface area contributed by atoms with E-state index in [1.165, 1.54) is 0 Å². The van der Waals surface area contributed by atoms with E-state index < -0.39 is 0 Å². The Labute approximate surface area is 166 Å². The molecule has 1 aliphatic heterocycles. The van der Waals surface area contributed by atoms with Gasteiger partial charge in [-0.3, -0.25) is 4.99 Å². The van der Waals surface area contributed by atoms with Crippen LogP contribution in [0.3, 0.4) is 0 Å². The van der Waals surface area contributed by atoms with E-state index in [1.54, 1.807) is 12.4 Å². The van der Waals surface area contributed by atoms with Gasteiger partial charge in [0.2, 0.25) is 5.95 Å². The van der Waals surface area contributed by atoms with Gasteiger partial charge < -0.3 is 15.5 Å². The summed E-state index contributed by atoms with van der Waals surface area (Å²) in [5.74, 6) is 2.25. The molecular weight excluding hydrogens is 429 g/mol. The fourth-order valence-corrected chi connectivity index (χ4v) is 3.39. The Morgan fingerprint density at radius 1 is 1.16 bits per heavy atom. The number of rotatable bonds is 3. The third kappa shape index (κ3) is 5.42. The number of hydrogen-bond acceptors (Lipinski definition) is 5. The van der Waals surface area contributed by atoms with E-state index in [2.05, 4.69) is 30.8 Å². The van der Waals surface area contributed by atoms with Crippen LogP contribution >= 0.6 is 24.0 Å². The van der Waals surface area contributed by atoms with Crippen molar-refractivity contribution in [1.29, 1.82) is 5.26 Å². The van der Waals surface area contributed by atoms with Crippen LogP contribution in [0.15, 0.2) is 23.5 Å². The summed E-state index contributed by atoms with van der Waals surface area (Å²) < 4.78 is 0. The summed E-state index contributed by atoms with van der Waals surface area (Å²) >= 11 is 0. The highest BCUT2D eigenvalue weighted by atomic mass is 127. The largest absolute Gasteiger partial charge is 0.370 e. The van der Waals surface area contributed by atoms with Gasteiger partial charge in [0.05, 0.1) is 6.07 Å². The summed E-state index contributed by atoms with van der Waals surface area (Å²) in [6.07, 6.45) is 7.73. The van der Waals surface area contributed by atoms with E-state index in [0.717, 1.165) is 64.4 Å². The van der Waals surface area contributed by atoms with Crippen molar-refractivity contribution < 1.29 is 0 Å². The van der Waals surface area contributed by atoms with Crippen molar-refractivity contribution in [1.82, 2.24) is 14.9 Å². The van der Waals surface area contributed by atoms with Crippen molar-refractivity contribution in [2.24, 2.45) is 22.6 Å². The molecule has 1 aromatic heterocycles. The van der Waals surface area contributed by atoms with Crippen molar-refractivity contribution in [3.8, 4) is 6.07 Å². The van der Waals surface area contributed by atoms with Gasteiger partial charge in [-0.1, -0.05) is 0 Å². The molecule has 0 bridgehead atoms. The molecule has 3 rings (SSSR count). The molecule has 1 aliphatic carbocycles. The average molecular weight is 455 g/mol. The van der Waals surface area contributed by atoms with Crippen LogP contribution in [0.2, 0.25) is 0 Å². The van der Waals surface area contributed by atoms with Gasteiger partial charge in [0.15, 0.2) is 5.96 Å². The predicted molar refractivity (Wildman–Crippen MR) is 109 cm³/mol. The fourth-order valence-electron chi connectivity index (χ4n) is 3.39. The number of aromatic nitrogens is 2. The lowest BCUT2D eigenvalue weighted by Gasteiger charge is -2.35. The van der Waals surface area contributed by atoms with Crippen molar-refractivity contribution >= 4 is 35.9 Å². The number of aliphatic imine (C=N–C) groups is 1. The van der Waals surface area contributed by atoms with Crippen LogP contribution in [-0.4, -0.2) is 53.6 Å². The summed E-state index contributed by atoms with van der Waals surface area (Å²) in [4.78, 5) is 17.5. The molecule has 1 saturated heterocycles. The SMILES string of the molecule is I.N#CC1CCC(CN=C(N)N2CCN(c3ncccn3)CC2)CC1. The molecule has 136 valence electrons. The minimum Gasteiger partial charge on any atom is -0.370 e. The normalized spacial score (nSPS) is 24.4. The second kappa shape index (κ2) is 9.75.